The van der Waals surface area contributed by atoms with Gasteiger partial charge in [0, 0.05) is 35.3 Å². The fourth-order valence-corrected chi connectivity index (χ4v) is 5.58. The summed E-state index contributed by atoms with van der Waals surface area (Å²) in [6.07, 6.45) is 1.37. The van der Waals surface area contributed by atoms with E-state index in [1.807, 2.05) is 0 Å². The van der Waals surface area contributed by atoms with Crippen molar-refractivity contribution >= 4 is 34.9 Å². The van der Waals surface area contributed by atoms with Crippen LogP contribution < -0.4 is 19.5 Å². The second-order valence-corrected chi connectivity index (χ2v) is 8.91. The topological polar surface area (TPSA) is 94.1 Å². The number of hydrogen-bond donors (Lipinski definition) is 2. The monoisotopic (exact) mass is 439 g/mol. The van der Waals surface area contributed by atoms with Crippen LogP contribution in [0.25, 0.3) is 0 Å². The molecule has 0 amide bonds. The summed E-state index contributed by atoms with van der Waals surface area (Å²) in [5, 5.41) is 13.4. The highest BCUT2D eigenvalue weighted by Gasteiger charge is 2.60. The number of thioether (sulfide) groups is 1. The van der Waals surface area contributed by atoms with Crippen LogP contribution in [0.4, 0.5) is 0 Å². The van der Waals surface area contributed by atoms with Gasteiger partial charge in [-0.3, -0.25) is 9.59 Å². The summed E-state index contributed by atoms with van der Waals surface area (Å²) in [5.74, 6) is 0.738. The van der Waals surface area contributed by atoms with Crippen LogP contribution in [-0.2, 0) is 4.79 Å². The Morgan fingerprint density at radius 3 is 2.59 bits per heavy atom. The first kappa shape index (κ1) is 20.4. The third-order valence-electron chi connectivity index (χ3n) is 5.73. The molecule has 4 atom stereocenters. The lowest BCUT2D eigenvalue weighted by atomic mass is 9.74. The van der Waals surface area contributed by atoms with Gasteiger partial charge in [-0.2, -0.15) is 11.8 Å². The number of fused-ring (bicyclic) bond motifs is 1. The first-order valence-electron chi connectivity index (χ1n) is 9.29. The van der Waals surface area contributed by atoms with Gasteiger partial charge in [-0.05, 0) is 6.42 Å². The molecule has 156 valence electrons. The van der Waals surface area contributed by atoms with Crippen molar-refractivity contribution in [1.82, 2.24) is 5.32 Å². The Morgan fingerprint density at radius 1 is 1.28 bits per heavy atom. The standard InChI is InChI=1S/C20H22ClNO6S/c1-9-4-10(22-11-7-29-8-12(11)23)5-15(24)20(9)19(25)16-13(26-2)6-14(27-3)17(21)18(16)28-20/h5-6,9,11-12,22-23H,4,7-8H2,1-3H3/t9-,11?,12?,20+/m1/s1. The van der Waals surface area contributed by atoms with E-state index < -0.39 is 29.2 Å². The number of rotatable bonds is 4. The molecule has 2 unspecified atom stereocenters. The third kappa shape index (κ3) is 3.00. The molecular weight excluding hydrogens is 418 g/mol. The number of carbonyl (C=O) groups is 2. The van der Waals surface area contributed by atoms with Crippen LogP contribution in [0.2, 0.25) is 5.02 Å². The van der Waals surface area contributed by atoms with Gasteiger partial charge in [0.25, 0.3) is 0 Å². The number of ketones is 2. The van der Waals surface area contributed by atoms with Crippen molar-refractivity contribution in [2.24, 2.45) is 5.92 Å². The van der Waals surface area contributed by atoms with Gasteiger partial charge < -0.3 is 24.6 Å². The van der Waals surface area contributed by atoms with Crippen LogP contribution in [0.3, 0.4) is 0 Å². The molecule has 0 aromatic heterocycles. The number of aliphatic hydroxyl groups excluding tert-OH is 1. The number of benzene rings is 1. The predicted octanol–water partition coefficient (Wildman–Crippen LogP) is 2.23. The lowest BCUT2D eigenvalue weighted by Gasteiger charge is -2.36. The van der Waals surface area contributed by atoms with Crippen molar-refractivity contribution in [2.45, 2.75) is 31.1 Å². The Kier molecular flexibility index (Phi) is 5.21. The van der Waals surface area contributed by atoms with Gasteiger partial charge >= 0.3 is 0 Å². The average Bonchev–Trinajstić information content (AvgIpc) is 3.23. The number of hydrogen-bond acceptors (Lipinski definition) is 8. The largest absolute Gasteiger partial charge is 0.496 e. The highest BCUT2D eigenvalue weighted by Crippen LogP contribution is 2.52. The van der Waals surface area contributed by atoms with Crippen LogP contribution >= 0.6 is 23.4 Å². The molecule has 1 aliphatic carbocycles. The van der Waals surface area contributed by atoms with Gasteiger partial charge in [0.05, 0.1) is 26.4 Å². The highest BCUT2D eigenvalue weighted by molar-refractivity contribution is 7.99. The summed E-state index contributed by atoms with van der Waals surface area (Å²) < 4.78 is 16.6. The summed E-state index contributed by atoms with van der Waals surface area (Å²) in [6.45, 7) is 1.80. The minimum Gasteiger partial charge on any atom is -0.496 e. The molecule has 1 fully saturated rings. The number of carbonyl (C=O) groups excluding carboxylic acids is 2. The van der Waals surface area contributed by atoms with Gasteiger partial charge in [-0.25, -0.2) is 0 Å². The number of methoxy groups -OCH3 is 2. The van der Waals surface area contributed by atoms with Crippen LogP contribution in [-0.4, -0.2) is 60.1 Å². The van der Waals surface area contributed by atoms with Crippen molar-refractivity contribution in [1.29, 1.82) is 0 Å². The van der Waals surface area contributed by atoms with E-state index in [4.69, 9.17) is 25.8 Å². The lowest BCUT2D eigenvalue weighted by molar-refractivity contribution is -0.129. The van der Waals surface area contributed by atoms with Gasteiger partial charge in [0.15, 0.2) is 5.75 Å². The van der Waals surface area contributed by atoms with Crippen molar-refractivity contribution in [3.8, 4) is 17.2 Å². The Hall–Kier alpha value is -1.90. The molecule has 0 saturated carbocycles. The summed E-state index contributed by atoms with van der Waals surface area (Å²) in [6, 6.07) is 1.40. The number of allylic oxidation sites excluding steroid dienone is 1. The molecule has 1 aromatic rings. The minimum absolute atomic E-state index is 0.112. The summed E-state index contributed by atoms with van der Waals surface area (Å²) in [5.41, 5.74) is -0.826. The summed E-state index contributed by atoms with van der Waals surface area (Å²) in [4.78, 5) is 26.6. The number of nitrogens with one attached hydrogen (secondary N) is 1. The van der Waals surface area contributed by atoms with Crippen molar-refractivity contribution in [3.05, 3.63) is 28.4 Å². The third-order valence-corrected chi connectivity index (χ3v) is 7.26. The summed E-state index contributed by atoms with van der Waals surface area (Å²) in [7, 11) is 2.88. The molecule has 29 heavy (non-hydrogen) atoms. The molecule has 7 nitrogen and oxygen atoms in total. The van der Waals surface area contributed by atoms with Gasteiger partial charge in [0.2, 0.25) is 17.2 Å². The molecular formula is C20H22ClNO6S. The van der Waals surface area contributed by atoms with Crippen LogP contribution in [0, 0.1) is 5.92 Å². The van der Waals surface area contributed by atoms with E-state index >= 15 is 0 Å². The zero-order valence-electron chi connectivity index (χ0n) is 16.3. The predicted molar refractivity (Wildman–Crippen MR) is 109 cm³/mol. The highest BCUT2D eigenvalue weighted by atomic mass is 35.5. The lowest BCUT2D eigenvalue weighted by Crippen LogP contribution is -2.56. The van der Waals surface area contributed by atoms with Crippen LogP contribution in [0.5, 0.6) is 17.2 Å². The molecule has 0 radical (unpaired) electrons. The number of Topliss-reactive ketones (excluding diaryl/α,β-unsaturated/α-hetero) is 1. The fourth-order valence-electron chi connectivity index (χ4n) is 4.15. The SMILES string of the molecule is COc1cc(OC)c2c(c1Cl)O[C@@]1(C(=O)C=C(NC3CSCC3O)C[C@H]1C)C2=O. The van der Waals surface area contributed by atoms with E-state index in [9.17, 15) is 14.7 Å². The molecule has 2 heterocycles. The number of halogens is 1. The molecule has 0 bridgehead atoms. The minimum atomic E-state index is -1.68. The van der Waals surface area contributed by atoms with Crippen LogP contribution in [0.15, 0.2) is 17.8 Å². The van der Waals surface area contributed by atoms with Crippen molar-refractivity contribution in [3.63, 3.8) is 0 Å². The van der Waals surface area contributed by atoms with Crippen molar-refractivity contribution < 1.29 is 28.9 Å². The Balaban J connectivity index is 1.71. The molecule has 1 spiro atoms. The average molecular weight is 440 g/mol. The van der Waals surface area contributed by atoms with E-state index in [1.54, 1.807) is 18.7 Å². The van der Waals surface area contributed by atoms with Crippen LogP contribution in [0.1, 0.15) is 23.7 Å². The van der Waals surface area contributed by atoms with E-state index in [0.717, 1.165) is 5.75 Å². The first-order chi connectivity index (χ1) is 13.8. The van der Waals surface area contributed by atoms with Gasteiger partial charge in [-0.1, -0.05) is 18.5 Å². The number of ether oxygens (including phenoxy) is 3. The molecule has 9 heteroatoms. The zero-order chi connectivity index (χ0) is 20.9. The van der Waals surface area contributed by atoms with E-state index in [1.165, 1.54) is 26.4 Å². The second-order valence-electron chi connectivity index (χ2n) is 7.46. The molecule has 2 N–H and O–H groups in total. The molecule has 4 rings (SSSR count). The Labute approximate surface area is 177 Å². The Morgan fingerprint density at radius 2 is 2.00 bits per heavy atom. The van der Waals surface area contributed by atoms with Crippen molar-refractivity contribution in [2.75, 3.05) is 25.7 Å². The zero-order valence-corrected chi connectivity index (χ0v) is 17.9. The molecule has 1 saturated heterocycles. The maximum absolute atomic E-state index is 13.4. The maximum Gasteiger partial charge on any atom is 0.236 e. The van der Waals surface area contributed by atoms with E-state index in [0.29, 0.717) is 23.6 Å². The fraction of sp³-hybridized carbons (Fsp3) is 0.500. The molecule has 3 aliphatic rings. The smallest absolute Gasteiger partial charge is 0.236 e. The normalized spacial score (nSPS) is 30.8. The Bertz CT molecular complexity index is 919. The quantitative estimate of drug-likeness (QED) is 0.690. The summed E-state index contributed by atoms with van der Waals surface area (Å²) >= 11 is 8.03. The second kappa shape index (κ2) is 7.41. The van der Waals surface area contributed by atoms with E-state index in [-0.39, 0.29) is 28.1 Å². The molecule has 1 aromatic carbocycles. The number of aliphatic hydroxyl groups is 1. The first-order valence-corrected chi connectivity index (χ1v) is 10.8. The van der Waals surface area contributed by atoms with Gasteiger partial charge in [-0.15, -0.1) is 0 Å². The van der Waals surface area contributed by atoms with E-state index in [2.05, 4.69) is 5.32 Å². The maximum atomic E-state index is 13.4. The molecule has 2 aliphatic heterocycles. The van der Waals surface area contributed by atoms with Gasteiger partial charge in [0.1, 0.15) is 22.1 Å².